The molecule has 0 aromatic carbocycles. The van der Waals surface area contributed by atoms with E-state index in [-0.39, 0.29) is 5.92 Å². The van der Waals surface area contributed by atoms with Crippen LogP contribution in [-0.2, 0) is 18.0 Å². The van der Waals surface area contributed by atoms with E-state index in [9.17, 15) is 24.2 Å². The zero-order valence-corrected chi connectivity index (χ0v) is 16.7. The second-order valence-corrected chi connectivity index (χ2v) is 9.91. The average molecular weight is 451 g/mol. The fourth-order valence-corrected chi connectivity index (χ4v) is 5.81. The molecule has 6 atom stereocenters. The van der Waals surface area contributed by atoms with E-state index in [0.717, 1.165) is 0 Å². The molecular weight excluding hydrogens is 432 g/mol. The number of phosphoric ester groups is 1. The standard InChI is InChI=1S/C13H19N5O9P2/c1-14-11-7-12(16-4-15-11)18(5-17-7)8-6-2-13(6,10(20)9(8)19)3-26-29(24,25)27-28(21,22)23/h4-6,8-10,19-20H,2-3H2,1H3,(H,24,25)(H,14,15,16)(H2,21,22,23)/t6-,8-,9+,10+,13+/m1/s1. The highest BCUT2D eigenvalue weighted by Crippen LogP contribution is 2.69. The summed E-state index contributed by atoms with van der Waals surface area (Å²) in [6, 6.07) is -0.640. The fraction of sp³-hybridized carbons (Fsp3) is 0.615. The largest absolute Gasteiger partial charge is 0.481 e. The summed E-state index contributed by atoms with van der Waals surface area (Å²) in [6.45, 7) is -0.538. The van der Waals surface area contributed by atoms with Crippen molar-refractivity contribution in [3.05, 3.63) is 12.7 Å². The molecule has 0 aliphatic heterocycles. The molecule has 6 N–H and O–H groups in total. The number of hydrogen-bond acceptors (Lipinski definition) is 10. The summed E-state index contributed by atoms with van der Waals surface area (Å²) in [7, 11) is -8.64. The molecule has 14 nitrogen and oxygen atoms in total. The normalized spacial score (nSPS) is 33.4. The van der Waals surface area contributed by atoms with Crippen molar-refractivity contribution in [2.75, 3.05) is 19.0 Å². The Morgan fingerprint density at radius 1 is 1.28 bits per heavy atom. The first-order chi connectivity index (χ1) is 13.5. The van der Waals surface area contributed by atoms with Crippen LogP contribution in [0.3, 0.4) is 0 Å². The highest BCUT2D eigenvalue weighted by Gasteiger charge is 2.72. The molecule has 160 valence electrons. The molecule has 2 aliphatic rings. The van der Waals surface area contributed by atoms with Crippen molar-refractivity contribution in [3.63, 3.8) is 0 Å². The third-order valence-corrected chi connectivity index (χ3v) is 7.61. The Balaban J connectivity index is 1.58. The van der Waals surface area contributed by atoms with Gasteiger partial charge in [0.05, 0.1) is 25.1 Å². The van der Waals surface area contributed by atoms with E-state index in [1.54, 1.807) is 11.6 Å². The lowest BCUT2D eigenvalue weighted by Gasteiger charge is -2.24. The van der Waals surface area contributed by atoms with Crippen LogP contribution in [0, 0.1) is 11.3 Å². The average Bonchev–Trinajstić information content (AvgIpc) is 3.12. The van der Waals surface area contributed by atoms with E-state index in [0.29, 0.717) is 23.4 Å². The molecule has 0 amide bonds. The van der Waals surface area contributed by atoms with Crippen LogP contribution >= 0.6 is 15.6 Å². The molecule has 4 rings (SSSR count). The number of anilines is 1. The lowest BCUT2D eigenvalue weighted by Crippen LogP contribution is -2.35. The third-order valence-electron chi connectivity index (χ3n) is 5.48. The minimum atomic E-state index is -5.25. The number of rotatable bonds is 7. The zero-order valence-electron chi connectivity index (χ0n) is 14.9. The van der Waals surface area contributed by atoms with Gasteiger partial charge in [-0.25, -0.2) is 24.1 Å². The molecule has 16 heteroatoms. The number of hydrogen-bond donors (Lipinski definition) is 6. The number of aliphatic hydroxyl groups is 2. The van der Waals surface area contributed by atoms with E-state index in [1.165, 1.54) is 12.7 Å². The highest BCUT2D eigenvalue weighted by atomic mass is 31.3. The predicted octanol–water partition coefficient (Wildman–Crippen LogP) is -0.623. The lowest BCUT2D eigenvalue weighted by atomic mass is 10.0. The Hall–Kier alpha value is -1.47. The van der Waals surface area contributed by atoms with Gasteiger partial charge in [0.15, 0.2) is 11.5 Å². The van der Waals surface area contributed by atoms with Gasteiger partial charge >= 0.3 is 15.6 Å². The summed E-state index contributed by atoms with van der Waals surface area (Å²) in [5.74, 6) is 0.135. The Bertz CT molecular complexity index is 1040. The number of imidazole rings is 1. The monoisotopic (exact) mass is 451 g/mol. The summed E-state index contributed by atoms with van der Waals surface area (Å²) in [5, 5.41) is 24.0. The molecular formula is C13H19N5O9P2. The topological polar surface area (TPSA) is 209 Å². The van der Waals surface area contributed by atoms with E-state index in [1.807, 2.05) is 0 Å². The maximum atomic E-state index is 11.7. The smallest absolute Gasteiger partial charge is 0.390 e. The predicted molar refractivity (Wildman–Crippen MR) is 95.4 cm³/mol. The number of phosphoric acid groups is 2. The van der Waals surface area contributed by atoms with Crippen LogP contribution < -0.4 is 5.32 Å². The number of aliphatic hydroxyl groups excluding tert-OH is 2. The summed E-state index contributed by atoms with van der Waals surface area (Å²) in [5.41, 5.74) is -0.168. The first kappa shape index (κ1) is 20.8. The van der Waals surface area contributed by atoms with Crippen LogP contribution in [0.15, 0.2) is 12.7 Å². The maximum Gasteiger partial charge on any atom is 0.481 e. The molecule has 0 spiro atoms. The van der Waals surface area contributed by atoms with E-state index < -0.39 is 45.9 Å². The minimum Gasteiger partial charge on any atom is -0.390 e. The lowest BCUT2D eigenvalue weighted by molar-refractivity contribution is -0.0297. The van der Waals surface area contributed by atoms with Crippen molar-refractivity contribution < 1.29 is 42.9 Å². The zero-order chi connectivity index (χ0) is 21.2. The molecule has 2 saturated carbocycles. The second-order valence-electron chi connectivity index (χ2n) is 7.08. The summed E-state index contributed by atoms with van der Waals surface area (Å²) < 4.78 is 32.6. The van der Waals surface area contributed by atoms with Gasteiger partial charge in [-0.3, -0.25) is 4.52 Å². The second kappa shape index (κ2) is 6.77. The van der Waals surface area contributed by atoms with Crippen LogP contribution in [0.25, 0.3) is 11.2 Å². The van der Waals surface area contributed by atoms with Crippen molar-refractivity contribution >= 4 is 32.6 Å². The van der Waals surface area contributed by atoms with E-state index in [2.05, 4.69) is 24.6 Å². The van der Waals surface area contributed by atoms with Crippen LogP contribution in [-0.4, -0.2) is 70.3 Å². The SMILES string of the molecule is CNc1ncnc2c1ncn2[C@H]1[C@H](O)[C@H](O)[C@]2(COP(=O)(O)OP(=O)(O)O)C[C@H]12. The molecule has 2 heterocycles. The first-order valence-electron chi connectivity index (χ1n) is 8.45. The van der Waals surface area contributed by atoms with Gasteiger partial charge in [-0.05, 0) is 12.3 Å². The molecule has 2 fully saturated rings. The summed E-state index contributed by atoms with van der Waals surface area (Å²) in [4.78, 5) is 39.4. The molecule has 2 aliphatic carbocycles. The van der Waals surface area contributed by atoms with Gasteiger partial charge in [-0.1, -0.05) is 0 Å². The minimum absolute atomic E-state index is 0.343. The fourth-order valence-electron chi connectivity index (χ4n) is 4.14. The molecule has 2 aromatic rings. The molecule has 1 unspecified atom stereocenters. The van der Waals surface area contributed by atoms with Gasteiger partial charge < -0.3 is 34.8 Å². The third kappa shape index (κ3) is 3.50. The van der Waals surface area contributed by atoms with E-state index >= 15 is 0 Å². The summed E-state index contributed by atoms with van der Waals surface area (Å²) >= 11 is 0. The van der Waals surface area contributed by atoms with Crippen molar-refractivity contribution in [1.82, 2.24) is 19.5 Å². The van der Waals surface area contributed by atoms with Gasteiger partial charge in [0.25, 0.3) is 0 Å². The highest BCUT2D eigenvalue weighted by molar-refractivity contribution is 7.60. The molecule has 0 bridgehead atoms. The van der Waals surface area contributed by atoms with E-state index in [4.69, 9.17) is 14.3 Å². The number of nitrogens with one attached hydrogen (secondary N) is 1. The Morgan fingerprint density at radius 3 is 2.66 bits per heavy atom. The van der Waals surface area contributed by atoms with Crippen molar-refractivity contribution in [3.8, 4) is 0 Å². The molecule has 0 radical (unpaired) electrons. The van der Waals surface area contributed by atoms with Gasteiger partial charge in [0.2, 0.25) is 0 Å². The van der Waals surface area contributed by atoms with Gasteiger partial charge in [0, 0.05) is 12.5 Å². The van der Waals surface area contributed by atoms with Gasteiger partial charge in [-0.15, -0.1) is 0 Å². The van der Waals surface area contributed by atoms with Crippen LogP contribution in [0.5, 0.6) is 0 Å². The molecule has 0 saturated heterocycles. The Kier molecular flexibility index (Phi) is 4.85. The van der Waals surface area contributed by atoms with Crippen LogP contribution in [0.2, 0.25) is 0 Å². The van der Waals surface area contributed by atoms with Crippen LogP contribution in [0.1, 0.15) is 12.5 Å². The van der Waals surface area contributed by atoms with Crippen molar-refractivity contribution in [2.45, 2.75) is 24.7 Å². The van der Waals surface area contributed by atoms with Gasteiger partial charge in [-0.2, -0.15) is 4.31 Å². The molecule has 29 heavy (non-hydrogen) atoms. The Labute approximate surface area is 163 Å². The van der Waals surface area contributed by atoms with Crippen LogP contribution in [0.4, 0.5) is 5.82 Å². The first-order valence-corrected chi connectivity index (χ1v) is 11.5. The summed E-state index contributed by atoms with van der Waals surface area (Å²) in [6.07, 6.45) is 0.577. The van der Waals surface area contributed by atoms with Crippen molar-refractivity contribution in [1.29, 1.82) is 0 Å². The van der Waals surface area contributed by atoms with Crippen molar-refractivity contribution in [2.24, 2.45) is 11.3 Å². The maximum absolute atomic E-state index is 11.7. The quantitative estimate of drug-likeness (QED) is 0.290. The molecule has 2 aromatic heterocycles. The number of fused-ring (bicyclic) bond motifs is 2. The number of aromatic nitrogens is 4. The Morgan fingerprint density at radius 2 is 2.00 bits per heavy atom. The van der Waals surface area contributed by atoms with Gasteiger partial charge in [0.1, 0.15) is 17.9 Å². The number of nitrogens with zero attached hydrogens (tertiary/aromatic N) is 4.